The summed E-state index contributed by atoms with van der Waals surface area (Å²) in [6.45, 7) is 5.66. The SMILES string of the molecule is COc1ccc(C(=O)OCC(=O)N[C@@H](C)c2ccc(CC(C)C)cc2)cc1[N+](=O)[O-]. The lowest BCUT2D eigenvalue weighted by atomic mass is 10.00. The van der Waals surface area contributed by atoms with Crippen molar-refractivity contribution in [1.82, 2.24) is 5.32 Å². The fraction of sp³-hybridized carbons (Fsp3) is 0.364. The van der Waals surface area contributed by atoms with E-state index in [1.54, 1.807) is 0 Å². The van der Waals surface area contributed by atoms with E-state index in [-0.39, 0.29) is 23.0 Å². The summed E-state index contributed by atoms with van der Waals surface area (Å²) in [4.78, 5) is 34.7. The van der Waals surface area contributed by atoms with Crippen LogP contribution in [0.15, 0.2) is 42.5 Å². The molecule has 160 valence electrons. The molecule has 2 aromatic rings. The van der Waals surface area contributed by atoms with Gasteiger partial charge in [0, 0.05) is 6.07 Å². The third-order valence-corrected chi connectivity index (χ3v) is 4.45. The first-order chi connectivity index (χ1) is 14.2. The maximum atomic E-state index is 12.1. The number of nitro groups is 1. The van der Waals surface area contributed by atoms with Gasteiger partial charge in [-0.1, -0.05) is 38.1 Å². The van der Waals surface area contributed by atoms with Crippen LogP contribution in [0.1, 0.15) is 48.3 Å². The molecule has 8 heteroatoms. The number of hydrogen-bond donors (Lipinski definition) is 1. The van der Waals surface area contributed by atoms with Gasteiger partial charge in [0.15, 0.2) is 12.4 Å². The monoisotopic (exact) mass is 414 g/mol. The number of carbonyl (C=O) groups is 2. The van der Waals surface area contributed by atoms with Crippen LogP contribution in [-0.4, -0.2) is 30.5 Å². The molecule has 0 fully saturated rings. The molecule has 0 bridgehead atoms. The van der Waals surface area contributed by atoms with E-state index in [0.29, 0.717) is 5.92 Å². The quantitative estimate of drug-likeness (QED) is 0.379. The molecule has 0 radical (unpaired) electrons. The van der Waals surface area contributed by atoms with Crippen LogP contribution in [0.25, 0.3) is 0 Å². The van der Waals surface area contributed by atoms with Crippen molar-refractivity contribution in [2.75, 3.05) is 13.7 Å². The Balaban J connectivity index is 1.91. The number of esters is 1. The molecule has 2 rings (SSSR count). The van der Waals surface area contributed by atoms with E-state index in [1.165, 1.54) is 24.8 Å². The van der Waals surface area contributed by atoms with E-state index in [9.17, 15) is 19.7 Å². The van der Waals surface area contributed by atoms with Gasteiger partial charge >= 0.3 is 11.7 Å². The number of benzene rings is 2. The average Bonchev–Trinajstić information content (AvgIpc) is 2.71. The standard InChI is InChI=1S/C22H26N2O6/c1-14(2)11-16-5-7-17(8-6-16)15(3)23-21(25)13-30-22(26)18-9-10-20(29-4)19(12-18)24(27)28/h5-10,12,14-15H,11,13H2,1-4H3,(H,23,25)/t15-/m0/s1. The Bertz CT molecular complexity index is 908. The first-order valence-electron chi connectivity index (χ1n) is 9.59. The zero-order valence-electron chi connectivity index (χ0n) is 17.5. The van der Waals surface area contributed by atoms with Gasteiger partial charge in [0.05, 0.1) is 23.6 Å². The number of carbonyl (C=O) groups excluding carboxylic acids is 2. The van der Waals surface area contributed by atoms with Gasteiger partial charge in [-0.2, -0.15) is 0 Å². The Kier molecular flexibility index (Phi) is 7.91. The highest BCUT2D eigenvalue weighted by Crippen LogP contribution is 2.27. The summed E-state index contributed by atoms with van der Waals surface area (Å²) >= 11 is 0. The number of nitro benzene ring substituents is 1. The van der Waals surface area contributed by atoms with Crippen LogP contribution in [0.3, 0.4) is 0 Å². The molecule has 0 aromatic heterocycles. The molecule has 0 saturated carbocycles. The average molecular weight is 414 g/mol. The fourth-order valence-corrected chi connectivity index (χ4v) is 2.95. The van der Waals surface area contributed by atoms with Crippen molar-refractivity contribution < 1.29 is 24.0 Å². The molecular weight excluding hydrogens is 388 g/mol. The second kappa shape index (κ2) is 10.4. The normalized spacial score (nSPS) is 11.6. The highest BCUT2D eigenvalue weighted by atomic mass is 16.6. The first-order valence-corrected chi connectivity index (χ1v) is 9.59. The van der Waals surface area contributed by atoms with Crippen LogP contribution >= 0.6 is 0 Å². The van der Waals surface area contributed by atoms with Crippen molar-refractivity contribution >= 4 is 17.6 Å². The van der Waals surface area contributed by atoms with Crippen LogP contribution in [-0.2, 0) is 16.0 Å². The van der Waals surface area contributed by atoms with Crippen molar-refractivity contribution in [1.29, 1.82) is 0 Å². The van der Waals surface area contributed by atoms with E-state index in [1.807, 2.05) is 31.2 Å². The van der Waals surface area contributed by atoms with Gasteiger partial charge in [-0.25, -0.2) is 4.79 Å². The second-order valence-corrected chi connectivity index (χ2v) is 7.35. The highest BCUT2D eigenvalue weighted by Gasteiger charge is 2.20. The predicted octanol–water partition coefficient (Wildman–Crippen LogP) is 3.84. The zero-order valence-corrected chi connectivity index (χ0v) is 17.5. The number of ether oxygens (including phenoxy) is 2. The molecule has 30 heavy (non-hydrogen) atoms. The third-order valence-electron chi connectivity index (χ3n) is 4.45. The number of hydrogen-bond acceptors (Lipinski definition) is 6. The third kappa shape index (κ3) is 6.30. The Hall–Kier alpha value is -3.42. The smallest absolute Gasteiger partial charge is 0.338 e. The summed E-state index contributed by atoms with van der Waals surface area (Å²) in [6.07, 6.45) is 0.987. The fourth-order valence-electron chi connectivity index (χ4n) is 2.95. The Labute approximate surface area is 175 Å². The van der Waals surface area contributed by atoms with Crippen molar-refractivity contribution in [2.24, 2.45) is 5.92 Å². The largest absolute Gasteiger partial charge is 0.490 e. The van der Waals surface area contributed by atoms with E-state index >= 15 is 0 Å². The summed E-state index contributed by atoms with van der Waals surface area (Å²) in [5.41, 5.74) is 1.78. The number of methoxy groups -OCH3 is 1. The molecule has 0 aliphatic heterocycles. The first kappa shape index (κ1) is 22.9. The van der Waals surface area contributed by atoms with Gasteiger partial charge in [-0.05, 0) is 42.5 Å². The molecule has 0 unspecified atom stereocenters. The van der Waals surface area contributed by atoms with Crippen molar-refractivity contribution in [3.05, 3.63) is 69.3 Å². The lowest BCUT2D eigenvalue weighted by molar-refractivity contribution is -0.385. The summed E-state index contributed by atoms with van der Waals surface area (Å²) in [6, 6.07) is 11.4. The van der Waals surface area contributed by atoms with E-state index < -0.39 is 23.4 Å². The molecule has 2 aromatic carbocycles. The minimum absolute atomic E-state index is 0.0301. The minimum Gasteiger partial charge on any atom is -0.490 e. The van der Waals surface area contributed by atoms with Gasteiger partial charge in [0.1, 0.15) is 0 Å². The van der Waals surface area contributed by atoms with Gasteiger partial charge in [-0.3, -0.25) is 14.9 Å². The van der Waals surface area contributed by atoms with Crippen molar-refractivity contribution in [3.63, 3.8) is 0 Å². The van der Waals surface area contributed by atoms with Crippen molar-refractivity contribution in [3.8, 4) is 5.75 Å². The van der Waals surface area contributed by atoms with Crippen LogP contribution in [0.2, 0.25) is 0 Å². The zero-order chi connectivity index (χ0) is 22.3. The molecular formula is C22H26N2O6. The summed E-state index contributed by atoms with van der Waals surface area (Å²) < 4.78 is 9.88. The van der Waals surface area contributed by atoms with Gasteiger partial charge in [0.25, 0.3) is 5.91 Å². The van der Waals surface area contributed by atoms with Crippen LogP contribution in [0.5, 0.6) is 5.75 Å². The van der Waals surface area contributed by atoms with E-state index in [4.69, 9.17) is 9.47 Å². The van der Waals surface area contributed by atoms with Crippen LogP contribution in [0, 0.1) is 16.0 Å². The number of nitrogens with one attached hydrogen (secondary N) is 1. The summed E-state index contributed by atoms with van der Waals surface area (Å²) in [5.74, 6) is -0.705. The molecule has 1 N–H and O–H groups in total. The minimum atomic E-state index is -0.832. The highest BCUT2D eigenvalue weighted by molar-refractivity contribution is 5.92. The predicted molar refractivity (Wildman–Crippen MR) is 111 cm³/mol. The Morgan fingerprint density at radius 1 is 1.10 bits per heavy atom. The lowest BCUT2D eigenvalue weighted by Crippen LogP contribution is -2.31. The summed E-state index contributed by atoms with van der Waals surface area (Å²) in [7, 11) is 1.30. The molecule has 0 aliphatic carbocycles. The van der Waals surface area contributed by atoms with Gasteiger partial charge in [-0.15, -0.1) is 0 Å². The number of rotatable bonds is 9. The van der Waals surface area contributed by atoms with Gasteiger partial charge in [0.2, 0.25) is 0 Å². The molecule has 0 aliphatic rings. The molecule has 0 saturated heterocycles. The lowest BCUT2D eigenvalue weighted by Gasteiger charge is -2.15. The molecule has 1 atom stereocenters. The maximum Gasteiger partial charge on any atom is 0.338 e. The van der Waals surface area contributed by atoms with Crippen molar-refractivity contribution in [2.45, 2.75) is 33.2 Å². The Morgan fingerprint density at radius 3 is 2.33 bits per heavy atom. The Morgan fingerprint density at radius 2 is 1.77 bits per heavy atom. The topological polar surface area (TPSA) is 108 Å². The van der Waals surface area contributed by atoms with E-state index in [2.05, 4.69) is 19.2 Å². The maximum absolute atomic E-state index is 12.1. The van der Waals surface area contributed by atoms with Crippen LogP contribution < -0.4 is 10.1 Å². The number of amides is 1. The molecule has 0 spiro atoms. The number of nitrogens with zero attached hydrogens (tertiary/aromatic N) is 1. The molecule has 0 heterocycles. The molecule has 1 amide bonds. The van der Waals surface area contributed by atoms with Crippen LogP contribution in [0.4, 0.5) is 5.69 Å². The molecule has 8 nitrogen and oxygen atoms in total. The van der Waals surface area contributed by atoms with E-state index in [0.717, 1.165) is 18.1 Å². The second-order valence-electron chi connectivity index (χ2n) is 7.35. The van der Waals surface area contributed by atoms with Gasteiger partial charge < -0.3 is 14.8 Å². The summed E-state index contributed by atoms with van der Waals surface area (Å²) in [5, 5.41) is 13.8.